The van der Waals surface area contributed by atoms with Crippen molar-refractivity contribution in [3.8, 4) is 0 Å². The fourth-order valence-electron chi connectivity index (χ4n) is 3.02. The molecule has 0 bridgehead atoms. The average Bonchev–Trinajstić information content (AvgIpc) is 2.76. The number of rotatable bonds is 2. The third-order valence-corrected chi connectivity index (χ3v) is 4.11. The number of amidine groups is 1. The van der Waals surface area contributed by atoms with Crippen molar-refractivity contribution in [1.29, 1.82) is 0 Å². The smallest absolute Gasteiger partial charge is 0.253 e. The molecule has 5 nitrogen and oxygen atoms in total. The number of benzene rings is 1. The molecule has 0 atom stereocenters. The number of hydrogen-bond donors (Lipinski definition) is 2. The van der Waals surface area contributed by atoms with E-state index in [1.807, 2.05) is 6.07 Å². The van der Waals surface area contributed by atoms with Gasteiger partial charge in [0.25, 0.3) is 5.91 Å². The van der Waals surface area contributed by atoms with Crippen molar-refractivity contribution in [2.45, 2.75) is 37.6 Å². The lowest BCUT2D eigenvalue weighted by atomic mass is 9.82. The van der Waals surface area contributed by atoms with Crippen LogP contribution >= 0.6 is 0 Å². The Morgan fingerprint density at radius 3 is 2.60 bits per heavy atom. The molecule has 0 aromatic heterocycles. The van der Waals surface area contributed by atoms with Crippen LogP contribution in [-0.4, -0.2) is 23.2 Å². The highest BCUT2D eigenvalue weighted by atomic mass is 16.2. The maximum Gasteiger partial charge on any atom is 0.253 e. The minimum absolute atomic E-state index is 0.0496. The van der Waals surface area contributed by atoms with Gasteiger partial charge in [0, 0.05) is 5.56 Å². The molecule has 1 aromatic carbocycles. The molecule has 104 valence electrons. The third-order valence-electron chi connectivity index (χ3n) is 4.11. The van der Waals surface area contributed by atoms with Crippen LogP contribution in [0, 0.1) is 0 Å². The van der Waals surface area contributed by atoms with Gasteiger partial charge in [0.1, 0.15) is 11.4 Å². The Hall–Kier alpha value is -2.17. The largest absolute Gasteiger partial charge is 0.366 e. The van der Waals surface area contributed by atoms with Gasteiger partial charge in [-0.15, -0.1) is 0 Å². The van der Waals surface area contributed by atoms with Crippen LogP contribution in [0.2, 0.25) is 0 Å². The molecule has 1 spiro atoms. The van der Waals surface area contributed by atoms with Gasteiger partial charge in [0.2, 0.25) is 5.91 Å². The molecule has 3 rings (SSSR count). The first kappa shape index (κ1) is 12.8. The summed E-state index contributed by atoms with van der Waals surface area (Å²) < 4.78 is 0. The van der Waals surface area contributed by atoms with Gasteiger partial charge in [-0.3, -0.25) is 14.6 Å². The van der Waals surface area contributed by atoms with E-state index >= 15 is 0 Å². The molecule has 1 aliphatic carbocycles. The molecule has 0 unspecified atom stereocenters. The van der Waals surface area contributed by atoms with Crippen LogP contribution in [0.3, 0.4) is 0 Å². The van der Waals surface area contributed by atoms with Crippen LogP contribution < -0.4 is 11.1 Å². The summed E-state index contributed by atoms with van der Waals surface area (Å²) in [6, 6.07) is 6.97. The topological polar surface area (TPSA) is 84.6 Å². The van der Waals surface area contributed by atoms with E-state index in [-0.39, 0.29) is 5.91 Å². The van der Waals surface area contributed by atoms with Gasteiger partial charge in [0.15, 0.2) is 0 Å². The number of nitrogens with one attached hydrogen (secondary N) is 1. The molecular weight excluding hydrogens is 254 g/mol. The number of nitrogens with two attached hydrogens (primary N) is 1. The van der Waals surface area contributed by atoms with Crippen molar-refractivity contribution < 1.29 is 9.59 Å². The second-order valence-electron chi connectivity index (χ2n) is 5.42. The van der Waals surface area contributed by atoms with E-state index in [1.165, 1.54) is 0 Å². The number of carbonyl (C=O) groups excluding carboxylic acids is 2. The summed E-state index contributed by atoms with van der Waals surface area (Å²) in [5.41, 5.74) is 5.75. The lowest BCUT2D eigenvalue weighted by Crippen LogP contribution is -2.41. The summed E-state index contributed by atoms with van der Waals surface area (Å²) in [7, 11) is 0. The van der Waals surface area contributed by atoms with Crippen LogP contribution in [0.1, 0.15) is 48.0 Å². The average molecular weight is 271 g/mol. The van der Waals surface area contributed by atoms with Gasteiger partial charge in [-0.05, 0) is 18.9 Å². The zero-order chi connectivity index (χ0) is 14.2. The molecule has 1 aromatic rings. The Kier molecular flexibility index (Phi) is 3.04. The van der Waals surface area contributed by atoms with Crippen molar-refractivity contribution in [2.75, 3.05) is 0 Å². The summed E-state index contributed by atoms with van der Waals surface area (Å²) in [6.45, 7) is 0. The van der Waals surface area contributed by atoms with Crippen molar-refractivity contribution in [2.24, 2.45) is 10.7 Å². The molecule has 2 aliphatic rings. The first-order valence-electron chi connectivity index (χ1n) is 6.93. The fourth-order valence-corrected chi connectivity index (χ4v) is 3.02. The van der Waals surface area contributed by atoms with Crippen molar-refractivity contribution in [3.63, 3.8) is 0 Å². The molecule has 1 saturated carbocycles. The Morgan fingerprint density at radius 1 is 1.20 bits per heavy atom. The minimum Gasteiger partial charge on any atom is -0.366 e. The SMILES string of the molecule is NC(=O)c1ccccc1C1=NC2(CCCCC2)C(=O)N1. The first-order chi connectivity index (χ1) is 9.62. The Morgan fingerprint density at radius 2 is 1.90 bits per heavy atom. The Labute approximate surface area is 117 Å². The highest BCUT2D eigenvalue weighted by Crippen LogP contribution is 2.35. The van der Waals surface area contributed by atoms with E-state index in [4.69, 9.17) is 5.73 Å². The predicted molar refractivity (Wildman–Crippen MR) is 75.5 cm³/mol. The van der Waals surface area contributed by atoms with Crippen LogP contribution in [0.5, 0.6) is 0 Å². The van der Waals surface area contributed by atoms with Gasteiger partial charge in [-0.2, -0.15) is 0 Å². The maximum atomic E-state index is 12.3. The Balaban J connectivity index is 2.02. The van der Waals surface area contributed by atoms with Crippen LogP contribution in [0.4, 0.5) is 0 Å². The number of amides is 2. The molecule has 3 N–H and O–H groups in total. The quantitative estimate of drug-likeness (QED) is 0.851. The fraction of sp³-hybridized carbons (Fsp3) is 0.400. The summed E-state index contributed by atoms with van der Waals surface area (Å²) >= 11 is 0. The van der Waals surface area contributed by atoms with Crippen LogP contribution in [-0.2, 0) is 4.79 Å². The number of nitrogens with zero attached hydrogens (tertiary/aromatic N) is 1. The summed E-state index contributed by atoms with van der Waals surface area (Å²) in [4.78, 5) is 28.4. The highest BCUT2D eigenvalue weighted by Gasteiger charge is 2.44. The number of hydrogen-bond acceptors (Lipinski definition) is 3. The molecule has 0 saturated heterocycles. The molecule has 20 heavy (non-hydrogen) atoms. The first-order valence-corrected chi connectivity index (χ1v) is 6.93. The lowest BCUT2D eigenvalue weighted by molar-refractivity contribution is -0.124. The van der Waals surface area contributed by atoms with Gasteiger partial charge < -0.3 is 11.1 Å². The maximum absolute atomic E-state index is 12.3. The van der Waals surface area contributed by atoms with Crippen molar-refractivity contribution in [1.82, 2.24) is 5.32 Å². The number of carbonyl (C=O) groups is 2. The summed E-state index contributed by atoms with van der Waals surface area (Å²) in [5.74, 6) is -0.0834. The van der Waals surface area contributed by atoms with Crippen LogP contribution in [0.25, 0.3) is 0 Å². The van der Waals surface area contributed by atoms with E-state index in [9.17, 15) is 9.59 Å². The monoisotopic (exact) mass is 271 g/mol. The van der Waals surface area contributed by atoms with Crippen molar-refractivity contribution in [3.05, 3.63) is 35.4 Å². The molecular formula is C15H17N3O2. The van der Waals surface area contributed by atoms with Crippen LogP contribution in [0.15, 0.2) is 29.3 Å². The van der Waals surface area contributed by atoms with E-state index < -0.39 is 11.4 Å². The molecule has 0 radical (unpaired) electrons. The minimum atomic E-state index is -0.627. The second kappa shape index (κ2) is 4.74. The second-order valence-corrected chi connectivity index (χ2v) is 5.42. The molecule has 1 fully saturated rings. The van der Waals surface area contributed by atoms with Crippen molar-refractivity contribution >= 4 is 17.6 Å². The van der Waals surface area contributed by atoms with E-state index in [0.717, 1.165) is 32.1 Å². The molecule has 5 heteroatoms. The van der Waals surface area contributed by atoms with Gasteiger partial charge in [-0.1, -0.05) is 37.5 Å². The Bertz CT molecular complexity index is 601. The van der Waals surface area contributed by atoms with E-state index in [0.29, 0.717) is 17.0 Å². The summed E-state index contributed by atoms with van der Waals surface area (Å²) in [5, 5.41) is 2.83. The number of primary amides is 1. The lowest BCUT2D eigenvalue weighted by Gasteiger charge is -2.27. The standard InChI is InChI=1S/C15H17N3O2/c16-12(19)10-6-2-3-7-11(10)13-17-14(20)15(18-13)8-4-1-5-9-15/h2-3,6-7H,1,4-5,8-9H2,(H2,16,19)(H,17,18,20). The molecule has 1 heterocycles. The third kappa shape index (κ3) is 1.99. The van der Waals surface area contributed by atoms with Gasteiger partial charge in [0.05, 0.1) is 5.56 Å². The number of aliphatic imine (C=N–C) groups is 1. The van der Waals surface area contributed by atoms with E-state index in [1.54, 1.807) is 18.2 Å². The zero-order valence-corrected chi connectivity index (χ0v) is 11.2. The highest BCUT2D eigenvalue weighted by molar-refractivity contribution is 6.18. The van der Waals surface area contributed by atoms with Gasteiger partial charge >= 0.3 is 0 Å². The molecule has 2 amide bonds. The normalized spacial score (nSPS) is 20.6. The van der Waals surface area contributed by atoms with E-state index in [2.05, 4.69) is 10.3 Å². The predicted octanol–water partition coefficient (Wildman–Crippen LogP) is 1.36. The summed E-state index contributed by atoms with van der Waals surface area (Å²) in [6.07, 6.45) is 4.74. The molecule has 1 aliphatic heterocycles. The van der Waals surface area contributed by atoms with Gasteiger partial charge in [-0.25, -0.2) is 0 Å². The zero-order valence-electron chi connectivity index (χ0n) is 11.2.